The Morgan fingerprint density at radius 2 is 2.38 bits per heavy atom. The summed E-state index contributed by atoms with van der Waals surface area (Å²) in [5.41, 5.74) is 0.211. The normalized spacial score (nSPS) is 16.5. The molecule has 112 valence electrons. The van der Waals surface area contributed by atoms with E-state index in [1.165, 1.54) is 30.1 Å². The molecule has 0 bridgehead atoms. The maximum atomic E-state index is 12.5. The van der Waals surface area contributed by atoms with Gasteiger partial charge >= 0.3 is 0 Å². The van der Waals surface area contributed by atoms with Crippen molar-refractivity contribution < 1.29 is 0 Å². The molecule has 0 aromatic carbocycles. The Labute approximate surface area is 127 Å². The molecule has 7 heteroatoms. The smallest absolute Gasteiger partial charge is 0.291 e. The summed E-state index contributed by atoms with van der Waals surface area (Å²) in [7, 11) is 0. The van der Waals surface area contributed by atoms with Gasteiger partial charge in [0.25, 0.3) is 5.56 Å². The van der Waals surface area contributed by atoms with Crippen molar-refractivity contribution in [3.05, 3.63) is 39.8 Å². The highest BCUT2D eigenvalue weighted by molar-refractivity contribution is 6.33. The monoisotopic (exact) mass is 307 g/mol. The molecule has 1 aliphatic carbocycles. The molecule has 3 rings (SSSR count). The second kappa shape index (κ2) is 5.89. The van der Waals surface area contributed by atoms with Crippen molar-refractivity contribution in [2.45, 2.75) is 38.8 Å². The molecule has 2 N–H and O–H groups in total. The molecular formula is C14H18ClN5O. The van der Waals surface area contributed by atoms with Crippen LogP contribution >= 0.6 is 11.6 Å². The third kappa shape index (κ3) is 2.95. The number of hydrogen-bond donors (Lipinski definition) is 2. The van der Waals surface area contributed by atoms with Gasteiger partial charge in [0.15, 0.2) is 0 Å². The van der Waals surface area contributed by atoms with Gasteiger partial charge in [0.05, 0.1) is 17.3 Å². The number of rotatable bonds is 5. The van der Waals surface area contributed by atoms with Crippen LogP contribution in [0.25, 0.3) is 0 Å². The molecule has 0 aliphatic heterocycles. The highest BCUT2D eigenvalue weighted by Crippen LogP contribution is 2.27. The van der Waals surface area contributed by atoms with Crippen LogP contribution in [0.15, 0.2) is 23.4 Å². The van der Waals surface area contributed by atoms with Gasteiger partial charge in [-0.05, 0) is 25.7 Å². The van der Waals surface area contributed by atoms with Crippen LogP contribution in [0.1, 0.15) is 38.1 Å². The van der Waals surface area contributed by atoms with Crippen molar-refractivity contribution in [3.8, 4) is 0 Å². The number of nitrogens with zero attached hydrogens (tertiary/aromatic N) is 3. The van der Waals surface area contributed by atoms with Crippen LogP contribution in [0.2, 0.25) is 5.02 Å². The van der Waals surface area contributed by atoms with Crippen LogP contribution in [0.3, 0.4) is 0 Å². The SMILES string of the molecule is CC(Nc1c(Cl)cnn(CC2CCC2)c1=O)c1ncc[nH]1. The van der Waals surface area contributed by atoms with E-state index in [4.69, 9.17) is 11.6 Å². The van der Waals surface area contributed by atoms with E-state index < -0.39 is 0 Å². The summed E-state index contributed by atoms with van der Waals surface area (Å²) < 4.78 is 1.51. The Morgan fingerprint density at radius 3 is 3.00 bits per heavy atom. The first-order chi connectivity index (χ1) is 10.1. The van der Waals surface area contributed by atoms with E-state index in [0.29, 0.717) is 23.2 Å². The number of nitrogens with one attached hydrogen (secondary N) is 2. The van der Waals surface area contributed by atoms with E-state index in [1.54, 1.807) is 12.4 Å². The fourth-order valence-electron chi connectivity index (χ4n) is 2.45. The maximum Gasteiger partial charge on any atom is 0.291 e. The lowest BCUT2D eigenvalue weighted by molar-refractivity contribution is 0.262. The summed E-state index contributed by atoms with van der Waals surface area (Å²) in [6.07, 6.45) is 8.53. The summed E-state index contributed by atoms with van der Waals surface area (Å²) in [4.78, 5) is 19.7. The second-order valence-corrected chi connectivity index (χ2v) is 5.90. The number of halogens is 1. The van der Waals surface area contributed by atoms with Gasteiger partial charge in [-0.3, -0.25) is 4.79 Å². The molecule has 0 spiro atoms. The molecule has 1 unspecified atom stereocenters. The van der Waals surface area contributed by atoms with Gasteiger partial charge in [0, 0.05) is 18.9 Å². The highest BCUT2D eigenvalue weighted by Gasteiger charge is 2.21. The van der Waals surface area contributed by atoms with Gasteiger partial charge < -0.3 is 10.3 Å². The minimum atomic E-state index is -0.173. The topological polar surface area (TPSA) is 75.6 Å². The summed E-state index contributed by atoms with van der Waals surface area (Å²) >= 11 is 6.12. The zero-order valence-electron chi connectivity index (χ0n) is 11.8. The molecule has 1 saturated carbocycles. The Balaban J connectivity index is 1.83. The van der Waals surface area contributed by atoms with Crippen molar-refractivity contribution in [3.63, 3.8) is 0 Å². The Hall–Kier alpha value is -1.82. The van der Waals surface area contributed by atoms with Gasteiger partial charge in [0.2, 0.25) is 0 Å². The van der Waals surface area contributed by atoms with Crippen molar-refractivity contribution in [2.24, 2.45) is 5.92 Å². The standard InChI is InChI=1S/C14H18ClN5O/c1-9(13-16-5-6-17-13)19-12-11(15)7-18-20(14(12)21)8-10-3-2-4-10/h5-7,9-10,19H,2-4,8H2,1H3,(H,16,17). The van der Waals surface area contributed by atoms with Crippen LogP contribution in [0.5, 0.6) is 0 Å². The van der Waals surface area contributed by atoms with E-state index >= 15 is 0 Å². The summed E-state index contributed by atoms with van der Waals surface area (Å²) in [6, 6.07) is -0.134. The van der Waals surface area contributed by atoms with Gasteiger partial charge in [0.1, 0.15) is 11.5 Å². The minimum Gasteiger partial charge on any atom is -0.370 e. The van der Waals surface area contributed by atoms with Crippen molar-refractivity contribution in [1.82, 2.24) is 19.7 Å². The van der Waals surface area contributed by atoms with Gasteiger partial charge in [-0.15, -0.1) is 0 Å². The van der Waals surface area contributed by atoms with Gasteiger partial charge in [-0.25, -0.2) is 9.67 Å². The molecule has 0 amide bonds. The molecule has 6 nitrogen and oxygen atoms in total. The second-order valence-electron chi connectivity index (χ2n) is 5.49. The molecule has 1 fully saturated rings. The van der Waals surface area contributed by atoms with Crippen LogP contribution < -0.4 is 10.9 Å². The number of imidazole rings is 1. The lowest BCUT2D eigenvalue weighted by Gasteiger charge is -2.25. The number of aromatic amines is 1. The fourth-order valence-corrected chi connectivity index (χ4v) is 2.63. The number of H-pyrrole nitrogens is 1. The predicted octanol–water partition coefficient (Wildman–Crippen LogP) is 2.59. The lowest BCUT2D eigenvalue weighted by Crippen LogP contribution is -2.31. The first kappa shape index (κ1) is 14.1. The van der Waals surface area contributed by atoms with Crippen LogP contribution in [-0.4, -0.2) is 19.7 Å². The summed E-state index contributed by atoms with van der Waals surface area (Å²) in [6.45, 7) is 2.59. The van der Waals surface area contributed by atoms with Gasteiger partial charge in [-0.2, -0.15) is 5.10 Å². The van der Waals surface area contributed by atoms with Crippen LogP contribution in [0, 0.1) is 5.92 Å². The average molecular weight is 308 g/mol. The van der Waals surface area contributed by atoms with E-state index in [0.717, 1.165) is 5.82 Å². The molecule has 2 aromatic heterocycles. The maximum absolute atomic E-state index is 12.5. The number of aromatic nitrogens is 4. The zero-order chi connectivity index (χ0) is 14.8. The third-order valence-corrected chi connectivity index (χ3v) is 4.23. The van der Waals surface area contributed by atoms with E-state index in [2.05, 4.69) is 20.4 Å². The van der Waals surface area contributed by atoms with E-state index in [1.807, 2.05) is 6.92 Å². The number of hydrogen-bond acceptors (Lipinski definition) is 4. The highest BCUT2D eigenvalue weighted by atomic mass is 35.5. The Kier molecular flexibility index (Phi) is 3.96. The average Bonchev–Trinajstić information content (AvgIpc) is 2.94. The van der Waals surface area contributed by atoms with Crippen molar-refractivity contribution in [2.75, 3.05) is 5.32 Å². The molecule has 1 aliphatic rings. The minimum absolute atomic E-state index is 0.134. The van der Waals surface area contributed by atoms with Crippen LogP contribution in [-0.2, 0) is 6.54 Å². The number of anilines is 1. The van der Waals surface area contributed by atoms with Gasteiger partial charge in [-0.1, -0.05) is 18.0 Å². The molecular weight excluding hydrogens is 290 g/mol. The molecule has 2 aromatic rings. The fraction of sp³-hybridized carbons (Fsp3) is 0.500. The molecule has 21 heavy (non-hydrogen) atoms. The largest absolute Gasteiger partial charge is 0.370 e. The zero-order valence-corrected chi connectivity index (χ0v) is 12.6. The first-order valence-electron chi connectivity index (χ1n) is 7.16. The van der Waals surface area contributed by atoms with E-state index in [-0.39, 0.29) is 11.6 Å². The Morgan fingerprint density at radius 1 is 1.57 bits per heavy atom. The third-order valence-electron chi connectivity index (χ3n) is 3.94. The summed E-state index contributed by atoms with van der Waals surface area (Å²) in [5, 5.41) is 7.61. The van der Waals surface area contributed by atoms with Crippen molar-refractivity contribution >= 4 is 17.3 Å². The summed E-state index contributed by atoms with van der Waals surface area (Å²) in [5.74, 6) is 1.32. The Bertz CT molecular complexity index is 662. The molecule has 0 radical (unpaired) electrons. The molecule has 0 saturated heterocycles. The first-order valence-corrected chi connectivity index (χ1v) is 7.54. The predicted molar refractivity (Wildman–Crippen MR) is 81.5 cm³/mol. The lowest BCUT2D eigenvalue weighted by atomic mass is 9.85. The molecule has 1 atom stereocenters. The quantitative estimate of drug-likeness (QED) is 0.890. The molecule has 2 heterocycles. The van der Waals surface area contributed by atoms with Crippen molar-refractivity contribution in [1.29, 1.82) is 0 Å². The van der Waals surface area contributed by atoms with Crippen LogP contribution in [0.4, 0.5) is 5.69 Å². The van der Waals surface area contributed by atoms with E-state index in [9.17, 15) is 4.79 Å².